The predicted octanol–water partition coefficient (Wildman–Crippen LogP) is 1.51. The van der Waals surface area contributed by atoms with Gasteiger partial charge in [-0.15, -0.1) is 0 Å². The number of rotatable bonds is 3. The topological polar surface area (TPSA) is 84.8 Å². The van der Waals surface area contributed by atoms with Crippen molar-refractivity contribution in [3.8, 4) is 12.1 Å². The second-order valence-corrected chi connectivity index (χ2v) is 3.37. The van der Waals surface area contributed by atoms with Crippen molar-refractivity contribution in [2.75, 3.05) is 5.73 Å². The highest BCUT2D eigenvalue weighted by atomic mass is 16.5. The lowest BCUT2D eigenvalue weighted by molar-refractivity contribution is 0.280. The van der Waals surface area contributed by atoms with Crippen LogP contribution in [0.5, 0.6) is 6.01 Å². The number of benzene rings is 1. The molecule has 0 saturated carbocycles. The zero-order chi connectivity index (χ0) is 12.1. The van der Waals surface area contributed by atoms with E-state index < -0.39 is 0 Å². The summed E-state index contributed by atoms with van der Waals surface area (Å²) in [7, 11) is 0. The van der Waals surface area contributed by atoms with Crippen molar-refractivity contribution in [3.63, 3.8) is 0 Å². The molecule has 2 rings (SSSR count). The van der Waals surface area contributed by atoms with Crippen molar-refractivity contribution in [3.05, 3.63) is 47.8 Å². The fraction of sp³-hybridized carbons (Fsp3) is 0.0833. The van der Waals surface area contributed by atoms with E-state index in [-0.39, 0.29) is 11.7 Å². The Hall–Kier alpha value is -2.61. The van der Waals surface area contributed by atoms with Crippen molar-refractivity contribution in [1.82, 2.24) is 9.97 Å². The van der Waals surface area contributed by atoms with Gasteiger partial charge in [0.05, 0.1) is 0 Å². The van der Waals surface area contributed by atoms with E-state index in [9.17, 15) is 0 Å². The van der Waals surface area contributed by atoms with Crippen LogP contribution in [0, 0.1) is 11.3 Å². The van der Waals surface area contributed by atoms with Crippen LogP contribution < -0.4 is 10.5 Å². The fourth-order valence-electron chi connectivity index (χ4n) is 1.23. The van der Waals surface area contributed by atoms with Gasteiger partial charge in [-0.1, -0.05) is 12.1 Å². The number of ether oxygens (including phenoxy) is 1. The molecule has 1 heterocycles. The van der Waals surface area contributed by atoms with Crippen molar-refractivity contribution >= 4 is 5.69 Å². The minimum absolute atomic E-state index is 0.195. The van der Waals surface area contributed by atoms with Gasteiger partial charge in [0.1, 0.15) is 18.4 Å². The first-order chi connectivity index (χ1) is 8.28. The summed E-state index contributed by atoms with van der Waals surface area (Å²) in [5.74, 6) is 0. The summed E-state index contributed by atoms with van der Waals surface area (Å²) in [5, 5.41) is 8.67. The van der Waals surface area contributed by atoms with Gasteiger partial charge in [-0.3, -0.25) is 0 Å². The quantitative estimate of drug-likeness (QED) is 0.802. The van der Waals surface area contributed by atoms with Crippen molar-refractivity contribution in [2.24, 2.45) is 0 Å². The Morgan fingerprint density at radius 1 is 1.24 bits per heavy atom. The summed E-state index contributed by atoms with van der Waals surface area (Å²) >= 11 is 0. The van der Waals surface area contributed by atoms with Gasteiger partial charge < -0.3 is 10.5 Å². The van der Waals surface area contributed by atoms with E-state index in [1.165, 1.54) is 12.3 Å². The van der Waals surface area contributed by atoms with Crippen LogP contribution in [0.3, 0.4) is 0 Å². The van der Waals surface area contributed by atoms with E-state index in [1.807, 2.05) is 18.2 Å². The molecule has 5 heteroatoms. The molecule has 2 N–H and O–H groups in total. The molecule has 2 aromatic rings. The number of hydrogen-bond donors (Lipinski definition) is 1. The lowest BCUT2D eigenvalue weighted by Crippen LogP contribution is -2.00. The molecule has 0 unspecified atom stereocenters. The van der Waals surface area contributed by atoms with E-state index >= 15 is 0 Å². The Labute approximate surface area is 98.5 Å². The van der Waals surface area contributed by atoms with Gasteiger partial charge in [-0.05, 0) is 23.8 Å². The Bertz CT molecular complexity index is 545. The summed E-state index contributed by atoms with van der Waals surface area (Å²) < 4.78 is 5.36. The third kappa shape index (κ3) is 2.92. The van der Waals surface area contributed by atoms with Gasteiger partial charge in [0.15, 0.2) is 0 Å². The third-order valence-corrected chi connectivity index (χ3v) is 2.10. The first-order valence-electron chi connectivity index (χ1n) is 4.98. The van der Waals surface area contributed by atoms with Crippen LogP contribution in [0.2, 0.25) is 0 Å². The van der Waals surface area contributed by atoms with Crippen LogP contribution in [-0.4, -0.2) is 9.97 Å². The molecule has 0 saturated heterocycles. The maximum atomic E-state index is 8.67. The number of nitrogens with two attached hydrogens (primary N) is 1. The second-order valence-electron chi connectivity index (χ2n) is 3.37. The molecular weight excluding hydrogens is 216 g/mol. The predicted molar refractivity (Wildman–Crippen MR) is 61.9 cm³/mol. The van der Waals surface area contributed by atoms with E-state index in [0.29, 0.717) is 12.3 Å². The number of nitriles is 1. The van der Waals surface area contributed by atoms with Crippen LogP contribution in [-0.2, 0) is 6.61 Å². The molecule has 0 fully saturated rings. The molecule has 0 spiro atoms. The maximum absolute atomic E-state index is 8.67. The molecule has 1 aromatic carbocycles. The summed E-state index contributed by atoms with van der Waals surface area (Å²) in [6, 6.07) is 11.0. The van der Waals surface area contributed by atoms with Crippen LogP contribution in [0.4, 0.5) is 5.69 Å². The zero-order valence-electron chi connectivity index (χ0n) is 9.00. The fourth-order valence-corrected chi connectivity index (χ4v) is 1.23. The van der Waals surface area contributed by atoms with Crippen LogP contribution in [0.1, 0.15) is 11.3 Å². The lowest BCUT2D eigenvalue weighted by atomic mass is 10.2. The molecule has 5 nitrogen and oxygen atoms in total. The molecular formula is C12H10N4O. The number of nitrogen functional groups attached to an aromatic ring is 1. The van der Waals surface area contributed by atoms with Crippen molar-refractivity contribution in [2.45, 2.75) is 6.61 Å². The Kier molecular flexibility index (Phi) is 3.17. The van der Waals surface area contributed by atoms with Gasteiger partial charge >= 0.3 is 6.01 Å². The Balaban J connectivity index is 2.02. The van der Waals surface area contributed by atoms with E-state index in [2.05, 4.69) is 9.97 Å². The Morgan fingerprint density at radius 3 is 2.71 bits per heavy atom. The molecule has 0 aliphatic carbocycles. The molecule has 0 atom stereocenters. The number of anilines is 1. The average Bonchev–Trinajstić information content (AvgIpc) is 2.38. The maximum Gasteiger partial charge on any atom is 0.317 e. The first kappa shape index (κ1) is 10.9. The number of hydrogen-bond acceptors (Lipinski definition) is 5. The van der Waals surface area contributed by atoms with Gasteiger partial charge in [-0.25, -0.2) is 4.98 Å². The molecule has 1 aromatic heterocycles. The molecule has 84 valence electrons. The standard InChI is InChI=1S/C12H10N4O/c13-7-11-5-6-15-12(16-11)17-8-9-1-3-10(14)4-2-9/h1-6H,8,14H2. The number of aromatic nitrogens is 2. The largest absolute Gasteiger partial charge is 0.459 e. The monoisotopic (exact) mass is 226 g/mol. The van der Waals surface area contributed by atoms with Gasteiger partial charge in [0.2, 0.25) is 0 Å². The minimum atomic E-state index is 0.195. The third-order valence-electron chi connectivity index (χ3n) is 2.10. The zero-order valence-corrected chi connectivity index (χ0v) is 9.00. The number of nitrogens with zero attached hydrogens (tertiary/aromatic N) is 3. The second kappa shape index (κ2) is 4.94. The lowest BCUT2D eigenvalue weighted by Gasteiger charge is -2.04. The highest BCUT2D eigenvalue weighted by Gasteiger charge is 2.00. The molecule has 0 amide bonds. The van der Waals surface area contributed by atoms with Crippen LogP contribution in [0.15, 0.2) is 36.5 Å². The van der Waals surface area contributed by atoms with Crippen molar-refractivity contribution in [1.29, 1.82) is 5.26 Å². The normalized spacial score (nSPS) is 9.59. The molecule has 17 heavy (non-hydrogen) atoms. The summed E-state index contributed by atoms with van der Waals surface area (Å²) in [6.45, 7) is 0.342. The SMILES string of the molecule is N#Cc1ccnc(OCc2ccc(N)cc2)n1. The molecule has 0 aliphatic rings. The highest BCUT2D eigenvalue weighted by Crippen LogP contribution is 2.09. The van der Waals surface area contributed by atoms with Crippen LogP contribution in [0.25, 0.3) is 0 Å². The Morgan fingerprint density at radius 2 is 2.00 bits per heavy atom. The van der Waals surface area contributed by atoms with E-state index in [1.54, 1.807) is 12.1 Å². The first-order valence-corrected chi connectivity index (χ1v) is 4.98. The summed E-state index contributed by atoms with van der Waals surface area (Å²) in [5.41, 5.74) is 7.52. The molecule has 0 aliphatic heterocycles. The molecule has 0 radical (unpaired) electrons. The van der Waals surface area contributed by atoms with Gasteiger partial charge in [-0.2, -0.15) is 10.2 Å². The summed E-state index contributed by atoms with van der Waals surface area (Å²) in [4.78, 5) is 7.82. The summed E-state index contributed by atoms with van der Waals surface area (Å²) in [6.07, 6.45) is 1.49. The highest BCUT2D eigenvalue weighted by molar-refractivity contribution is 5.39. The van der Waals surface area contributed by atoms with Crippen LogP contribution >= 0.6 is 0 Å². The van der Waals surface area contributed by atoms with E-state index in [0.717, 1.165) is 5.56 Å². The average molecular weight is 226 g/mol. The molecule has 0 bridgehead atoms. The minimum Gasteiger partial charge on any atom is -0.459 e. The van der Waals surface area contributed by atoms with E-state index in [4.69, 9.17) is 15.7 Å². The van der Waals surface area contributed by atoms with Gasteiger partial charge in [0.25, 0.3) is 0 Å². The van der Waals surface area contributed by atoms with Gasteiger partial charge in [0, 0.05) is 11.9 Å². The van der Waals surface area contributed by atoms with Crippen molar-refractivity contribution < 1.29 is 4.74 Å². The smallest absolute Gasteiger partial charge is 0.317 e.